The van der Waals surface area contributed by atoms with Crippen molar-refractivity contribution in [3.8, 4) is 0 Å². The summed E-state index contributed by atoms with van der Waals surface area (Å²) in [7, 11) is 0. The summed E-state index contributed by atoms with van der Waals surface area (Å²) in [5.74, 6) is -0.895. The second-order valence-corrected chi connectivity index (χ2v) is 10.9. The smallest absolute Gasteiger partial charge is 0.408 e. The van der Waals surface area contributed by atoms with Crippen LogP contribution in [0.2, 0.25) is 0 Å². The summed E-state index contributed by atoms with van der Waals surface area (Å²) in [5, 5.41) is 15.4. The number of carbonyl (C=O) groups is 3. The van der Waals surface area contributed by atoms with Crippen molar-refractivity contribution in [2.75, 3.05) is 6.61 Å². The molecule has 0 aromatic heterocycles. The molecule has 34 heavy (non-hydrogen) atoms. The highest BCUT2D eigenvalue weighted by atomic mass is 16.6. The fraction of sp³-hybridized carbons (Fsp3) is 0.654. The van der Waals surface area contributed by atoms with Gasteiger partial charge in [0.2, 0.25) is 11.8 Å². The van der Waals surface area contributed by atoms with Gasteiger partial charge in [-0.05, 0) is 85.4 Å². The predicted molar refractivity (Wildman–Crippen MR) is 133 cm³/mol. The number of amides is 3. The molecule has 3 N–H and O–H groups in total. The van der Waals surface area contributed by atoms with Crippen molar-refractivity contribution in [1.29, 1.82) is 0 Å². The van der Waals surface area contributed by atoms with Gasteiger partial charge in [0, 0.05) is 11.6 Å². The van der Waals surface area contributed by atoms with Crippen LogP contribution < -0.4 is 10.6 Å². The molecule has 3 unspecified atom stereocenters. The predicted octanol–water partition coefficient (Wildman–Crippen LogP) is 3.77. The van der Waals surface area contributed by atoms with Gasteiger partial charge in [0.15, 0.2) is 0 Å². The first-order chi connectivity index (χ1) is 15.5. The molecule has 8 nitrogen and oxygen atoms in total. The first-order valence-corrected chi connectivity index (χ1v) is 11.8. The van der Waals surface area contributed by atoms with Gasteiger partial charge < -0.3 is 25.4 Å². The summed E-state index contributed by atoms with van der Waals surface area (Å²) < 4.78 is 5.26. The van der Waals surface area contributed by atoms with E-state index in [1.54, 1.807) is 20.8 Å². The van der Waals surface area contributed by atoms with E-state index in [-0.39, 0.29) is 11.9 Å². The topological polar surface area (TPSA) is 108 Å². The van der Waals surface area contributed by atoms with Gasteiger partial charge in [-0.3, -0.25) is 9.59 Å². The van der Waals surface area contributed by atoms with Gasteiger partial charge in [-0.25, -0.2) is 4.79 Å². The van der Waals surface area contributed by atoms with Gasteiger partial charge in [0.05, 0.1) is 6.61 Å². The lowest BCUT2D eigenvalue weighted by molar-refractivity contribution is -0.146. The van der Waals surface area contributed by atoms with Crippen LogP contribution >= 0.6 is 0 Å². The minimum atomic E-state index is -1.26. The minimum Gasteiger partial charge on any atom is -0.444 e. The number of hydrogen-bond acceptors (Lipinski definition) is 5. The molecule has 8 heteroatoms. The fourth-order valence-electron chi connectivity index (χ4n) is 3.42. The van der Waals surface area contributed by atoms with E-state index in [1.807, 2.05) is 66.7 Å². The molecule has 1 aromatic rings. The molecule has 0 radical (unpaired) electrons. The van der Waals surface area contributed by atoms with Gasteiger partial charge in [-0.15, -0.1) is 0 Å². The van der Waals surface area contributed by atoms with Gasteiger partial charge >= 0.3 is 6.09 Å². The molecule has 0 saturated heterocycles. The Hall–Kier alpha value is -2.61. The average molecular weight is 478 g/mol. The lowest BCUT2D eigenvalue weighted by Gasteiger charge is -2.39. The highest BCUT2D eigenvalue weighted by Crippen LogP contribution is 2.28. The Balaban J connectivity index is 3.52. The lowest BCUT2D eigenvalue weighted by atomic mass is 9.96. The summed E-state index contributed by atoms with van der Waals surface area (Å²) >= 11 is 0. The minimum absolute atomic E-state index is 0.335. The quantitative estimate of drug-likeness (QED) is 0.528. The van der Waals surface area contributed by atoms with E-state index in [0.29, 0.717) is 12.0 Å². The Kier molecular flexibility index (Phi) is 10.1. The van der Waals surface area contributed by atoms with Crippen LogP contribution in [0.4, 0.5) is 4.79 Å². The molecule has 0 saturated carbocycles. The first-order valence-electron chi connectivity index (χ1n) is 11.8. The third kappa shape index (κ3) is 8.63. The van der Waals surface area contributed by atoms with E-state index < -0.39 is 41.8 Å². The largest absolute Gasteiger partial charge is 0.444 e. The molecule has 0 aliphatic carbocycles. The number of ether oxygens (including phenoxy) is 1. The van der Waals surface area contributed by atoms with Crippen molar-refractivity contribution in [2.24, 2.45) is 0 Å². The SMILES string of the molecule is CCC(C)N(C(=O)C(CO)NC(=O)OC(C)(C)C)C(C(=O)NC(C)(C)C)c1ccc(C)c(C)c1. The molecule has 0 aliphatic heterocycles. The maximum Gasteiger partial charge on any atom is 0.408 e. The van der Waals surface area contributed by atoms with Crippen LogP contribution in [0.15, 0.2) is 18.2 Å². The second kappa shape index (κ2) is 11.7. The van der Waals surface area contributed by atoms with Gasteiger partial charge in [-0.2, -0.15) is 0 Å². The third-order valence-corrected chi connectivity index (χ3v) is 5.36. The second-order valence-electron chi connectivity index (χ2n) is 10.9. The number of aliphatic hydroxyl groups excluding tert-OH is 1. The molecule has 0 aliphatic rings. The Morgan fingerprint density at radius 2 is 1.65 bits per heavy atom. The van der Waals surface area contributed by atoms with Crippen molar-refractivity contribution in [3.63, 3.8) is 0 Å². The monoisotopic (exact) mass is 477 g/mol. The molecule has 1 rings (SSSR count). The molecule has 3 atom stereocenters. The summed E-state index contributed by atoms with van der Waals surface area (Å²) in [4.78, 5) is 41.1. The van der Waals surface area contributed by atoms with Crippen LogP contribution in [0, 0.1) is 13.8 Å². The Bertz CT molecular complexity index is 870. The molecule has 0 spiro atoms. The summed E-state index contributed by atoms with van der Waals surface area (Å²) in [6.45, 7) is 17.8. The Labute approximate surface area is 204 Å². The van der Waals surface area contributed by atoms with E-state index in [4.69, 9.17) is 4.74 Å². The number of rotatable bonds is 8. The average Bonchev–Trinajstić information content (AvgIpc) is 2.68. The maximum absolute atomic E-state index is 13.7. The molecule has 0 fully saturated rings. The zero-order chi connectivity index (χ0) is 26.4. The maximum atomic E-state index is 13.7. The van der Waals surface area contributed by atoms with Crippen molar-refractivity contribution in [1.82, 2.24) is 15.5 Å². The first kappa shape index (κ1) is 29.4. The molecular formula is C26H43N3O5. The highest BCUT2D eigenvalue weighted by molar-refractivity contribution is 5.92. The Morgan fingerprint density at radius 1 is 1.06 bits per heavy atom. The van der Waals surface area contributed by atoms with Crippen molar-refractivity contribution in [2.45, 2.75) is 105 Å². The Morgan fingerprint density at radius 3 is 2.09 bits per heavy atom. The van der Waals surface area contributed by atoms with Gasteiger partial charge in [0.1, 0.15) is 17.7 Å². The van der Waals surface area contributed by atoms with Crippen LogP contribution in [-0.2, 0) is 14.3 Å². The number of aryl methyl sites for hydroxylation is 2. The normalized spacial score (nSPS) is 14.6. The van der Waals surface area contributed by atoms with Crippen molar-refractivity contribution >= 4 is 17.9 Å². The van der Waals surface area contributed by atoms with Gasteiger partial charge in [0.25, 0.3) is 0 Å². The standard InChI is InChI=1S/C26H43N3O5/c1-11-18(4)29(23(32)20(15-30)27-24(33)34-26(8,9)10)21(22(31)28-25(5,6)7)19-13-12-16(2)17(3)14-19/h12-14,18,20-21,30H,11,15H2,1-10H3,(H,27,33)(H,28,31). The molecular weight excluding hydrogens is 434 g/mol. The van der Waals surface area contributed by atoms with E-state index in [1.165, 1.54) is 4.90 Å². The zero-order valence-corrected chi connectivity index (χ0v) is 22.4. The van der Waals surface area contributed by atoms with E-state index in [2.05, 4.69) is 10.6 Å². The van der Waals surface area contributed by atoms with Crippen LogP contribution in [0.5, 0.6) is 0 Å². The van der Waals surface area contributed by atoms with Crippen LogP contribution in [0.3, 0.4) is 0 Å². The molecule has 0 heterocycles. The van der Waals surface area contributed by atoms with Crippen molar-refractivity contribution in [3.05, 3.63) is 34.9 Å². The number of carbonyl (C=O) groups excluding carboxylic acids is 3. The van der Waals surface area contributed by atoms with Crippen LogP contribution in [0.1, 0.15) is 84.5 Å². The number of alkyl carbamates (subject to hydrolysis) is 1. The van der Waals surface area contributed by atoms with E-state index >= 15 is 0 Å². The van der Waals surface area contributed by atoms with Crippen molar-refractivity contribution < 1.29 is 24.2 Å². The number of benzene rings is 1. The third-order valence-electron chi connectivity index (χ3n) is 5.36. The van der Waals surface area contributed by atoms with E-state index in [9.17, 15) is 19.5 Å². The lowest BCUT2D eigenvalue weighted by Crippen LogP contribution is -2.57. The molecule has 3 amide bonds. The van der Waals surface area contributed by atoms with Crippen LogP contribution in [0.25, 0.3) is 0 Å². The molecule has 1 aromatic carbocycles. The summed E-state index contributed by atoms with van der Waals surface area (Å²) in [6, 6.07) is 3.10. The van der Waals surface area contributed by atoms with E-state index in [0.717, 1.165) is 11.1 Å². The molecule has 0 bridgehead atoms. The zero-order valence-electron chi connectivity index (χ0n) is 22.4. The summed E-state index contributed by atoms with van der Waals surface area (Å²) in [5.41, 5.74) is 1.43. The van der Waals surface area contributed by atoms with Crippen LogP contribution in [-0.4, -0.2) is 57.7 Å². The number of hydrogen-bond donors (Lipinski definition) is 3. The summed E-state index contributed by atoms with van der Waals surface area (Å²) in [6.07, 6.45) is -0.244. The fourth-order valence-corrected chi connectivity index (χ4v) is 3.42. The number of nitrogens with one attached hydrogen (secondary N) is 2. The van der Waals surface area contributed by atoms with Gasteiger partial charge in [-0.1, -0.05) is 25.1 Å². The number of aliphatic hydroxyl groups is 1. The number of nitrogens with zero attached hydrogens (tertiary/aromatic N) is 1. The highest BCUT2D eigenvalue weighted by Gasteiger charge is 2.39. The molecule has 192 valence electrons.